The summed E-state index contributed by atoms with van der Waals surface area (Å²) in [5, 5.41) is 3.08. The van der Waals surface area contributed by atoms with Crippen molar-refractivity contribution in [1.29, 1.82) is 0 Å². The molecule has 19 heavy (non-hydrogen) atoms. The van der Waals surface area contributed by atoms with Gasteiger partial charge in [-0.05, 0) is 32.9 Å². The van der Waals surface area contributed by atoms with Crippen LogP contribution in [0.2, 0.25) is 0 Å². The topological polar surface area (TPSA) is 80.9 Å². The predicted octanol–water partition coefficient (Wildman–Crippen LogP) is 1.74. The Balaban J connectivity index is 2.90. The second-order valence-electron chi connectivity index (χ2n) is 3.62. The molecule has 106 valence electrons. The molecule has 6 heteroatoms. The summed E-state index contributed by atoms with van der Waals surface area (Å²) >= 11 is 0. The van der Waals surface area contributed by atoms with Gasteiger partial charge in [-0.2, -0.15) is 0 Å². The van der Waals surface area contributed by atoms with E-state index in [4.69, 9.17) is 15.3 Å². The molecule has 0 atom stereocenters. The van der Waals surface area contributed by atoms with Gasteiger partial charge in [0.2, 0.25) is 5.96 Å². The fourth-order valence-corrected chi connectivity index (χ4v) is 1.54. The van der Waals surface area contributed by atoms with Crippen molar-refractivity contribution in [1.82, 2.24) is 5.43 Å². The first-order chi connectivity index (χ1) is 9.24. The first-order valence-electron chi connectivity index (χ1n) is 6.42. The first-order valence-corrected chi connectivity index (χ1v) is 6.42. The molecule has 6 nitrogen and oxygen atoms in total. The van der Waals surface area contributed by atoms with E-state index in [2.05, 4.69) is 15.7 Å². The number of hydrazine groups is 1. The summed E-state index contributed by atoms with van der Waals surface area (Å²) in [5.74, 6) is 7.31. The molecule has 0 aromatic heterocycles. The molecule has 0 radical (unpaired) electrons. The second kappa shape index (κ2) is 8.20. The van der Waals surface area contributed by atoms with Crippen molar-refractivity contribution in [3.8, 4) is 11.5 Å². The molecule has 1 aromatic rings. The normalized spacial score (nSPS) is 11.1. The Morgan fingerprint density at radius 1 is 1.16 bits per heavy atom. The highest BCUT2D eigenvalue weighted by Gasteiger charge is 2.07. The van der Waals surface area contributed by atoms with Gasteiger partial charge >= 0.3 is 0 Å². The van der Waals surface area contributed by atoms with Crippen LogP contribution in [0.25, 0.3) is 0 Å². The minimum absolute atomic E-state index is 0.508. The molecule has 1 aromatic carbocycles. The minimum Gasteiger partial charge on any atom is -0.490 e. The molecule has 0 saturated heterocycles. The van der Waals surface area contributed by atoms with Crippen molar-refractivity contribution in [3.05, 3.63) is 18.2 Å². The summed E-state index contributed by atoms with van der Waals surface area (Å²) in [6.45, 7) is 7.62. The van der Waals surface area contributed by atoms with E-state index < -0.39 is 0 Å². The Labute approximate surface area is 114 Å². The third-order valence-electron chi connectivity index (χ3n) is 2.26. The summed E-state index contributed by atoms with van der Waals surface area (Å²) in [4.78, 5) is 4.17. The molecule has 0 bridgehead atoms. The molecule has 0 amide bonds. The summed E-state index contributed by atoms with van der Waals surface area (Å²) in [7, 11) is 0. The molecule has 0 aliphatic carbocycles. The zero-order chi connectivity index (χ0) is 14.1. The molecule has 0 saturated carbocycles. The molecule has 0 unspecified atom stereocenters. The third-order valence-corrected chi connectivity index (χ3v) is 2.26. The lowest BCUT2D eigenvalue weighted by Gasteiger charge is -2.14. The van der Waals surface area contributed by atoms with Gasteiger partial charge in [0.25, 0.3) is 0 Å². The van der Waals surface area contributed by atoms with E-state index in [0.29, 0.717) is 31.5 Å². The fraction of sp³-hybridized carbons (Fsp3) is 0.462. The molecular formula is C13H22N4O2. The van der Waals surface area contributed by atoms with Crippen LogP contribution >= 0.6 is 0 Å². The number of nitrogens with zero attached hydrogens (tertiary/aromatic N) is 1. The van der Waals surface area contributed by atoms with Crippen LogP contribution < -0.4 is 26.1 Å². The molecule has 0 aliphatic heterocycles. The number of anilines is 1. The van der Waals surface area contributed by atoms with Gasteiger partial charge in [0.05, 0.1) is 13.2 Å². The average Bonchev–Trinajstić information content (AvgIpc) is 2.41. The third kappa shape index (κ3) is 4.67. The highest BCUT2D eigenvalue weighted by molar-refractivity contribution is 5.93. The minimum atomic E-state index is 0.508. The molecule has 0 heterocycles. The fourth-order valence-electron chi connectivity index (χ4n) is 1.54. The number of rotatable bonds is 6. The largest absolute Gasteiger partial charge is 0.490 e. The Bertz CT molecular complexity index is 421. The number of nitrogens with two attached hydrogens (primary N) is 1. The highest BCUT2D eigenvalue weighted by atomic mass is 16.5. The van der Waals surface area contributed by atoms with Crippen molar-refractivity contribution >= 4 is 11.6 Å². The quantitative estimate of drug-likeness (QED) is 0.316. The SMILES string of the molecule is CCN=C(NN)Nc1ccc(OCC)c(OCC)c1. The molecule has 0 spiro atoms. The number of hydrogen-bond donors (Lipinski definition) is 3. The predicted molar refractivity (Wildman–Crippen MR) is 77.7 cm³/mol. The van der Waals surface area contributed by atoms with Crippen LogP contribution in [0.15, 0.2) is 23.2 Å². The molecule has 1 rings (SSSR count). The summed E-state index contributed by atoms with van der Waals surface area (Å²) < 4.78 is 11.0. The van der Waals surface area contributed by atoms with Crippen LogP contribution in [-0.4, -0.2) is 25.7 Å². The van der Waals surface area contributed by atoms with Gasteiger partial charge in [-0.15, -0.1) is 0 Å². The van der Waals surface area contributed by atoms with Gasteiger partial charge < -0.3 is 14.8 Å². The second-order valence-corrected chi connectivity index (χ2v) is 3.62. The van der Waals surface area contributed by atoms with Gasteiger partial charge in [-0.25, -0.2) is 5.84 Å². The lowest BCUT2D eigenvalue weighted by Crippen LogP contribution is -2.36. The standard InChI is InChI=1S/C13H22N4O2/c1-4-15-13(17-14)16-10-7-8-11(18-5-2)12(9-10)19-6-3/h7-9H,4-6,14H2,1-3H3,(H2,15,16,17). The average molecular weight is 266 g/mol. The zero-order valence-corrected chi connectivity index (χ0v) is 11.7. The van der Waals surface area contributed by atoms with Gasteiger partial charge in [0.1, 0.15) is 0 Å². The summed E-state index contributed by atoms with van der Waals surface area (Å²) in [6, 6.07) is 5.60. The molecule has 0 aliphatic rings. The van der Waals surface area contributed by atoms with E-state index in [1.54, 1.807) is 0 Å². The van der Waals surface area contributed by atoms with E-state index in [1.165, 1.54) is 0 Å². The number of nitrogens with one attached hydrogen (secondary N) is 2. The van der Waals surface area contributed by atoms with Crippen LogP contribution in [0, 0.1) is 0 Å². The Hall–Kier alpha value is -1.95. The van der Waals surface area contributed by atoms with Crippen LogP contribution in [0.3, 0.4) is 0 Å². The van der Waals surface area contributed by atoms with Crippen molar-refractivity contribution in [2.45, 2.75) is 20.8 Å². The van der Waals surface area contributed by atoms with Crippen LogP contribution in [0.1, 0.15) is 20.8 Å². The molecular weight excluding hydrogens is 244 g/mol. The number of aliphatic imine (C=N–C) groups is 1. The Kier molecular flexibility index (Phi) is 6.52. The van der Waals surface area contributed by atoms with Gasteiger partial charge in [-0.1, -0.05) is 0 Å². The zero-order valence-electron chi connectivity index (χ0n) is 11.7. The van der Waals surface area contributed by atoms with E-state index in [-0.39, 0.29) is 0 Å². The van der Waals surface area contributed by atoms with Crippen molar-refractivity contribution in [2.75, 3.05) is 25.1 Å². The van der Waals surface area contributed by atoms with E-state index in [1.807, 2.05) is 39.0 Å². The lowest BCUT2D eigenvalue weighted by molar-refractivity contribution is 0.288. The Morgan fingerprint density at radius 3 is 2.42 bits per heavy atom. The number of guanidine groups is 1. The number of hydrogen-bond acceptors (Lipinski definition) is 4. The van der Waals surface area contributed by atoms with Crippen LogP contribution in [0.5, 0.6) is 11.5 Å². The maximum atomic E-state index is 5.55. The summed E-state index contributed by atoms with van der Waals surface area (Å²) in [5.41, 5.74) is 3.34. The smallest absolute Gasteiger partial charge is 0.210 e. The number of ether oxygens (including phenoxy) is 2. The van der Waals surface area contributed by atoms with E-state index in [9.17, 15) is 0 Å². The van der Waals surface area contributed by atoms with Crippen LogP contribution in [-0.2, 0) is 0 Å². The maximum Gasteiger partial charge on any atom is 0.210 e. The number of benzene rings is 1. The van der Waals surface area contributed by atoms with E-state index in [0.717, 1.165) is 11.4 Å². The van der Waals surface area contributed by atoms with Gasteiger partial charge in [-0.3, -0.25) is 10.4 Å². The van der Waals surface area contributed by atoms with Crippen molar-refractivity contribution in [3.63, 3.8) is 0 Å². The lowest BCUT2D eigenvalue weighted by atomic mass is 10.2. The molecule has 4 N–H and O–H groups in total. The highest BCUT2D eigenvalue weighted by Crippen LogP contribution is 2.30. The van der Waals surface area contributed by atoms with E-state index >= 15 is 0 Å². The van der Waals surface area contributed by atoms with Crippen molar-refractivity contribution in [2.24, 2.45) is 10.8 Å². The van der Waals surface area contributed by atoms with Gasteiger partial charge in [0.15, 0.2) is 11.5 Å². The Morgan fingerprint density at radius 2 is 1.84 bits per heavy atom. The van der Waals surface area contributed by atoms with Crippen LogP contribution in [0.4, 0.5) is 5.69 Å². The van der Waals surface area contributed by atoms with Crippen molar-refractivity contribution < 1.29 is 9.47 Å². The first kappa shape index (κ1) is 15.1. The monoisotopic (exact) mass is 266 g/mol. The summed E-state index contributed by atoms with van der Waals surface area (Å²) in [6.07, 6.45) is 0. The van der Waals surface area contributed by atoms with Gasteiger partial charge in [0, 0.05) is 18.3 Å². The molecule has 0 fully saturated rings. The maximum absolute atomic E-state index is 5.55.